The molecule has 2 aliphatic heterocycles. The molecule has 3 heterocycles. The number of amides is 2. The Bertz CT molecular complexity index is 1110. The lowest BCUT2D eigenvalue weighted by Crippen LogP contribution is -2.39. The van der Waals surface area contributed by atoms with Crippen molar-refractivity contribution < 1.29 is 9.59 Å². The van der Waals surface area contributed by atoms with E-state index in [9.17, 15) is 9.59 Å². The number of aromatic nitrogens is 2. The van der Waals surface area contributed by atoms with Crippen molar-refractivity contribution in [2.75, 3.05) is 19.6 Å². The van der Waals surface area contributed by atoms with Gasteiger partial charge in [-0.15, -0.1) is 0 Å². The monoisotopic (exact) mass is 402 g/mol. The van der Waals surface area contributed by atoms with Crippen LogP contribution in [0.3, 0.4) is 0 Å². The molecule has 1 aromatic heterocycles. The van der Waals surface area contributed by atoms with Crippen molar-refractivity contribution in [2.45, 2.75) is 32.9 Å². The Kier molecular flexibility index (Phi) is 4.77. The van der Waals surface area contributed by atoms with Crippen molar-refractivity contribution in [3.05, 3.63) is 65.5 Å². The highest BCUT2D eigenvalue weighted by Crippen LogP contribution is 2.25. The first-order chi connectivity index (χ1) is 14.6. The Morgan fingerprint density at radius 2 is 1.93 bits per heavy atom. The van der Waals surface area contributed by atoms with E-state index in [1.807, 2.05) is 62.9 Å². The summed E-state index contributed by atoms with van der Waals surface area (Å²) in [6.07, 6.45) is 2.23. The maximum absolute atomic E-state index is 13.1. The van der Waals surface area contributed by atoms with Gasteiger partial charge in [0.15, 0.2) is 5.82 Å². The normalized spacial score (nSPS) is 19.2. The molecule has 0 unspecified atom stereocenters. The van der Waals surface area contributed by atoms with Crippen molar-refractivity contribution in [3.8, 4) is 0 Å². The molecule has 1 atom stereocenters. The number of fused-ring (bicyclic) bond motifs is 3. The highest BCUT2D eigenvalue weighted by molar-refractivity contribution is 6.00. The third-order valence-electron chi connectivity index (χ3n) is 6.23. The average Bonchev–Trinajstić information content (AvgIpc) is 3.14. The van der Waals surface area contributed by atoms with Gasteiger partial charge >= 0.3 is 0 Å². The summed E-state index contributed by atoms with van der Waals surface area (Å²) in [5.41, 5.74) is 3.40. The van der Waals surface area contributed by atoms with Crippen LogP contribution in [0.4, 0.5) is 0 Å². The Hall–Kier alpha value is -3.15. The van der Waals surface area contributed by atoms with E-state index in [2.05, 4.69) is 11.9 Å². The van der Waals surface area contributed by atoms with E-state index in [1.54, 1.807) is 0 Å². The maximum Gasteiger partial charge on any atom is 0.290 e. The lowest BCUT2D eigenvalue weighted by molar-refractivity contribution is 0.0677. The lowest BCUT2D eigenvalue weighted by atomic mass is 9.99. The standard InChI is InChI=1S/C24H26N4O2/c1-17-6-5-11-26(15-17)23(29)19-9-10-21-20(14-19)25-22-24(30)27(12-13-28(21)22)16-18-7-3-2-4-8-18/h2-4,7-10,14,17H,5-6,11-13,15-16H2,1H3/t17-/m1/s1. The fourth-order valence-corrected chi connectivity index (χ4v) is 4.63. The molecule has 0 aliphatic carbocycles. The molecule has 2 aliphatic rings. The predicted octanol–water partition coefficient (Wildman–Crippen LogP) is 3.56. The zero-order valence-corrected chi connectivity index (χ0v) is 17.3. The molecule has 0 spiro atoms. The first-order valence-corrected chi connectivity index (χ1v) is 10.7. The van der Waals surface area contributed by atoms with Gasteiger partial charge in [-0.1, -0.05) is 37.3 Å². The van der Waals surface area contributed by atoms with Crippen LogP contribution in [-0.2, 0) is 13.1 Å². The molecule has 0 bridgehead atoms. The number of hydrogen-bond donors (Lipinski definition) is 0. The third-order valence-corrected chi connectivity index (χ3v) is 6.23. The molecule has 3 aromatic rings. The first-order valence-electron chi connectivity index (χ1n) is 10.7. The molecule has 5 rings (SSSR count). The summed E-state index contributed by atoms with van der Waals surface area (Å²) in [5.74, 6) is 1.01. The minimum atomic E-state index is -0.0564. The third kappa shape index (κ3) is 3.36. The number of carbonyl (C=O) groups is 2. The number of imidazole rings is 1. The van der Waals surface area contributed by atoms with E-state index in [4.69, 9.17) is 0 Å². The van der Waals surface area contributed by atoms with Gasteiger partial charge in [-0.05, 0) is 42.5 Å². The summed E-state index contributed by atoms with van der Waals surface area (Å²) < 4.78 is 1.98. The minimum Gasteiger partial charge on any atom is -0.338 e. The molecular weight excluding hydrogens is 376 g/mol. The van der Waals surface area contributed by atoms with Gasteiger partial charge in [0.05, 0.1) is 11.0 Å². The van der Waals surface area contributed by atoms with Crippen LogP contribution < -0.4 is 0 Å². The summed E-state index contributed by atoms with van der Waals surface area (Å²) in [4.78, 5) is 34.4. The molecule has 0 N–H and O–H groups in total. The van der Waals surface area contributed by atoms with E-state index >= 15 is 0 Å². The Morgan fingerprint density at radius 3 is 2.73 bits per heavy atom. The summed E-state index contributed by atoms with van der Waals surface area (Å²) in [6, 6.07) is 15.7. The topological polar surface area (TPSA) is 58.4 Å². The number of benzene rings is 2. The van der Waals surface area contributed by atoms with Crippen molar-refractivity contribution in [1.29, 1.82) is 0 Å². The Morgan fingerprint density at radius 1 is 1.10 bits per heavy atom. The lowest BCUT2D eigenvalue weighted by Gasteiger charge is -2.31. The largest absolute Gasteiger partial charge is 0.338 e. The molecule has 0 radical (unpaired) electrons. The number of rotatable bonds is 3. The summed E-state index contributed by atoms with van der Waals surface area (Å²) in [5, 5.41) is 0. The molecule has 30 heavy (non-hydrogen) atoms. The van der Waals surface area contributed by atoms with Crippen molar-refractivity contribution >= 4 is 22.8 Å². The molecule has 0 saturated carbocycles. The van der Waals surface area contributed by atoms with Crippen LogP contribution in [0, 0.1) is 5.92 Å². The van der Waals surface area contributed by atoms with E-state index in [-0.39, 0.29) is 11.8 Å². The van der Waals surface area contributed by atoms with Gasteiger partial charge in [0.2, 0.25) is 0 Å². The number of hydrogen-bond acceptors (Lipinski definition) is 3. The highest BCUT2D eigenvalue weighted by Gasteiger charge is 2.29. The van der Waals surface area contributed by atoms with Crippen LogP contribution in [0.1, 0.15) is 46.3 Å². The van der Waals surface area contributed by atoms with Gasteiger partial charge in [-0.3, -0.25) is 9.59 Å². The van der Waals surface area contributed by atoms with Crippen LogP contribution in [0.2, 0.25) is 0 Å². The molecule has 1 fully saturated rings. The summed E-state index contributed by atoms with van der Waals surface area (Å²) in [7, 11) is 0. The van der Waals surface area contributed by atoms with Gasteiger partial charge < -0.3 is 14.4 Å². The zero-order chi connectivity index (χ0) is 20.7. The summed E-state index contributed by atoms with van der Waals surface area (Å²) >= 11 is 0. The summed E-state index contributed by atoms with van der Waals surface area (Å²) in [6.45, 7) is 5.76. The number of carbonyl (C=O) groups excluding carboxylic acids is 2. The first kappa shape index (κ1) is 18.9. The van der Waals surface area contributed by atoms with E-state index in [1.165, 1.54) is 6.42 Å². The second-order valence-corrected chi connectivity index (χ2v) is 8.50. The van der Waals surface area contributed by atoms with E-state index in [0.29, 0.717) is 36.9 Å². The van der Waals surface area contributed by atoms with Gasteiger partial charge in [0.1, 0.15) is 0 Å². The molecule has 2 aromatic carbocycles. The fourth-order valence-electron chi connectivity index (χ4n) is 4.63. The van der Waals surface area contributed by atoms with Crippen LogP contribution in [0.5, 0.6) is 0 Å². The van der Waals surface area contributed by atoms with E-state index in [0.717, 1.165) is 36.1 Å². The van der Waals surface area contributed by atoms with E-state index < -0.39 is 0 Å². The second kappa shape index (κ2) is 7.59. The van der Waals surface area contributed by atoms with Gasteiger partial charge in [0.25, 0.3) is 11.8 Å². The smallest absolute Gasteiger partial charge is 0.290 e. The Balaban J connectivity index is 1.41. The van der Waals surface area contributed by atoms with Crippen LogP contribution in [0.15, 0.2) is 48.5 Å². The quantitative estimate of drug-likeness (QED) is 0.673. The molecule has 2 amide bonds. The number of likely N-dealkylation sites (tertiary alicyclic amines) is 1. The molecular formula is C24H26N4O2. The van der Waals surface area contributed by atoms with Crippen LogP contribution >= 0.6 is 0 Å². The zero-order valence-electron chi connectivity index (χ0n) is 17.3. The maximum atomic E-state index is 13.1. The molecule has 1 saturated heterocycles. The van der Waals surface area contributed by atoms with Gasteiger partial charge in [-0.2, -0.15) is 0 Å². The molecule has 6 heteroatoms. The van der Waals surface area contributed by atoms with Crippen LogP contribution in [0.25, 0.3) is 11.0 Å². The average molecular weight is 402 g/mol. The van der Waals surface area contributed by atoms with Crippen molar-refractivity contribution in [3.63, 3.8) is 0 Å². The van der Waals surface area contributed by atoms with Gasteiger partial charge in [-0.25, -0.2) is 4.98 Å². The van der Waals surface area contributed by atoms with Crippen molar-refractivity contribution in [1.82, 2.24) is 19.4 Å². The number of piperidine rings is 1. The molecule has 154 valence electrons. The minimum absolute atomic E-state index is 0.0564. The SMILES string of the molecule is C[C@@H]1CCCN(C(=O)c2ccc3c(c2)nc2n3CCN(Cc3ccccc3)C2=O)C1. The van der Waals surface area contributed by atoms with Crippen LogP contribution in [-0.4, -0.2) is 50.8 Å². The molecule has 6 nitrogen and oxygen atoms in total. The van der Waals surface area contributed by atoms with Gasteiger partial charge in [0, 0.05) is 38.3 Å². The Labute approximate surface area is 176 Å². The number of nitrogens with zero attached hydrogens (tertiary/aromatic N) is 4. The fraction of sp³-hybridized carbons (Fsp3) is 0.375. The van der Waals surface area contributed by atoms with Crippen molar-refractivity contribution in [2.24, 2.45) is 5.92 Å². The second-order valence-electron chi connectivity index (χ2n) is 8.50. The highest BCUT2D eigenvalue weighted by atomic mass is 16.2. The predicted molar refractivity (Wildman–Crippen MR) is 115 cm³/mol.